The first kappa shape index (κ1) is 11.3. The van der Waals surface area contributed by atoms with E-state index in [0.717, 1.165) is 0 Å². The topological polar surface area (TPSA) is 93.1 Å². The van der Waals surface area contributed by atoms with E-state index in [1.54, 1.807) is 0 Å². The fourth-order valence-electron chi connectivity index (χ4n) is 1.58. The van der Waals surface area contributed by atoms with E-state index in [1.165, 1.54) is 24.4 Å². The number of carbonyl (C=O) groups excluding carboxylic acids is 2. The number of nitro benzene ring substituents is 1. The molecule has 1 aromatic heterocycles. The predicted molar refractivity (Wildman–Crippen MR) is 60.1 cm³/mol. The molecule has 86 valence electrons. The number of halogens is 1. The molecular weight excluding hydrogens is 248 g/mol. The molecule has 0 bridgehead atoms. The third-order valence-corrected chi connectivity index (χ3v) is 2.48. The van der Waals surface area contributed by atoms with Crippen molar-refractivity contribution in [2.75, 3.05) is 0 Å². The van der Waals surface area contributed by atoms with Crippen LogP contribution in [0.2, 0.25) is 0 Å². The van der Waals surface area contributed by atoms with Crippen LogP contribution in [0.3, 0.4) is 0 Å². The standard InChI is InChI=1S/C10H5ClN2O4/c11-10(15)9(14)6-4-12-8-5(6)2-1-3-7(8)13(16)17/h1-4,12H. The molecule has 0 saturated carbocycles. The lowest BCUT2D eigenvalue weighted by Crippen LogP contribution is -2.06. The quantitative estimate of drug-likeness (QED) is 0.297. The van der Waals surface area contributed by atoms with Gasteiger partial charge in [0.2, 0.25) is 5.78 Å². The minimum absolute atomic E-state index is 0.0312. The molecule has 0 aliphatic carbocycles. The normalized spacial score (nSPS) is 10.4. The molecule has 0 amide bonds. The predicted octanol–water partition coefficient (Wildman–Crippen LogP) is 2.02. The Labute approximate surface area is 99.3 Å². The number of ketones is 1. The van der Waals surface area contributed by atoms with Crippen molar-refractivity contribution in [1.29, 1.82) is 0 Å². The zero-order chi connectivity index (χ0) is 12.6. The summed E-state index contributed by atoms with van der Waals surface area (Å²) in [6.45, 7) is 0. The molecular formula is C10H5ClN2O4. The van der Waals surface area contributed by atoms with Crippen molar-refractivity contribution in [1.82, 2.24) is 4.98 Å². The molecule has 17 heavy (non-hydrogen) atoms. The molecule has 0 atom stereocenters. The number of benzene rings is 1. The molecule has 6 nitrogen and oxygen atoms in total. The van der Waals surface area contributed by atoms with E-state index in [1.807, 2.05) is 0 Å². The maximum absolute atomic E-state index is 11.4. The van der Waals surface area contributed by atoms with Gasteiger partial charge in [-0.25, -0.2) is 0 Å². The summed E-state index contributed by atoms with van der Waals surface area (Å²) in [5, 5.41) is 9.91. The molecule has 1 aromatic carbocycles. The van der Waals surface area contributed by atoms with Gasteiger partial charge in [-0.3, -0.25) is 19.7 Å². The van der Waals surface area contributed by atoms with Gasteiger partial charge in [0.25, 0.3) is 10.9 Å². The van der Waals surface area contributed by atoms with Crippen LogP contribution in [0.4, 0.5) is 5.69 Å². The van der Waals surface area contributed by atoms with Crippen LogP contribution >= 0.6 is 11.6 Å². The summed E-state index contributed by atoms with van der Waals surface area (Å²) >= 11 is 5.09. The van der Waals surface area contributed by atoms with Gasteiger partial charge in [-0.15, -0.1) is 0 Å². The third kappa shape index (κ3) is 1.78. The van der Waals surface area contributed by atoms with Gasteiger partial charge in [0.1, 0.15) is 5.52 Å². The number of nitro groups is 1. The zero-order valence-electron chi connectivity index (χ0n) is 8.27. The van der Waals surface area contributed by atoms with E-state index in [2.05, 4.69) is 4.98 Å². The number of non-ortho nitro benzene ring substituents is 1. The van der Waals surface area contributed by atoms with Crippen molar-refractivity contribution < 1.29 is 14.5 Å². The smallest absolute Gasteiger partial charge is 0.293 e. The van der Waals surface area contributed by atoms with E-state index in [0.29, 0.717) is 5.39 Å². The van der Waals surface area contributed by atoms with Gasteiger partial charge in [0.05, 0.1) is 10.5 Å². The van der Waals surface area contributed by atoms with Crippen LogP contribution in [-0.2, 0) is 4.79 Å². The molecule has 0 saturated heterocycles. The summed E-state index contributed by atoms with van der Waals surface area (Å²) in [5.41, 5.74) is 0.0611. The van der Waals surface area contributed by atoms with Gasteiger partial charge in [0, 0.05) is 17.6 Å². The third-order valence-electron chi connectivity index (χ3n) is 2.31. The Kier molecular flexibility index (Phi) is 2.64. The number of Topliss-reactive ketones (excluding diaryl/α,β-unsaturated/α-hetero) is 1. The molecule has 0 unspecified atom stereocenters. The van der Waals surface area contributed by atoms with E-state index in [9.17, 15) is 19.7 Å². The number of nitrogens with one attached hydrogen (secondary N) is 1. The van der Waals surface area contributed by atoms with Gasteiger partial charge in [-0.2, -0.15) is 0 Å². The van der Waals surface area contributed by atoms with E-state index >= 15 is 0 Å². The van der Waals surface area contributed by atoms with E-state index < -0.39 is 15.9 Å². The van der Waals surface area contributed by atoms with Crippen molar-refractivity contribution in [2.24, 2.45) is 0 Å². The molecule has 2 aromatic rings. The lowest BCUT2D eigenvalue weighted by atomic mass is 10.1. The maximum Gasteiger partial charge on any atom is 0.293 e. The van der Waals surface area contributed by atoms with Crippen molar-refractivity contribution in [3.63, 3.8) is 0 Å². The second kappa shape index (κ2) is 3.99. The largest absolute Gasteiger partial charge is 0.355 e. The Hall–Kier alpha value is -2.21. The molecule has 0 aliphatic rings. The average Bonchev–Trinajstić information content (AvgIpc) is 2.70. The highest BCUT2D eigenvalue weighted by molar-refractivity contribution is 6.83. The summed E-state index contributed by atoms with van der Waals surface area (Å²) in [7, 11) is 0. The van der Waals surface area contributed by atoms with Gasteiger partial charge < -0.3 is 4.98 Å². The zero-order valence-corrected chi connectivity index (χ0v) is 9.02. The average molecular weight is 253 g/mol. The summed E-state index contributed by atoms with van der Waals surface area (Å²) in [6, 6.07) is 4.24. The van der Waals surface area contributed by atoms with Crippen LogP contribution in [0, 0.1) is 10.1 Å². The highest BCUT2D eigenvalue weighted by Crippen LogP contribution is 2.27. The molecule has 7 heteroatoms. The highest BCUT2D eigenvalue weighted by atomic mass is 35.5. The van der Waals surface area contributed by atoms with Gasteiger partial charge in [-0.1, -0.05) is 12.1 Å². The maximum atomic E-state index is 11.4. The fourth-order valence-corrected chi connectivity index (χ4v) is 1.69. The Morgan fingerprint density at radius 1 is 1.35 bits per heavy atom. The van der Waals surface area contributed by atoms with Crippen LogP contribution < -0.4 is 0 Å². The Balaban J connectivity index is 2.71. The van der Waals surface area contributed by atoms with Crippen LogP contribution in [0.25, 0.3) is 10.9 Å². The second-order valence-electron chi connectivity index (χ2n) is 3.26. The Morgan fingerprint density at radius 2 is 2.06 bits per heavy atom. The van der Waals surface area contributed by atoms with Gasteiger partial charge >= 0.3 is 0 Å². The van der Waals surface area contributed by atoms with E-state index in [-0.39, 0.29) is 16.8 Å². The molecule has 0 radical (unpaired) electrons. The van der Waals surface area contributed by atoms with Crippen LogP contribution in [0.5, 0.6) is 0 Å². The number of hydrogen-bond donors (Lipinski definition) is 1. The van der Waals surface area contributed by atoms with Crippen molar-refractivity contribution in [3.05, 3.63) is 40.1 Å². The minimum atomic E-state index is -1.13. The number of hydrogen-bond acceptors (Lipinski definition) is 4. The lowest BCUT2D eigenvalue weighted by Gasteiger charge is -1.95. The van der Waals surface area contributed by atoms with Crippen LogP contribution in [0.1, 0.15) is 10.4 Å². The summed E-state index contributed by atoms with van der Waals surface area (Å²) in [6.07, 6.45) is 1.24. The lowest BCUT2D eigenvalue weighted by molar-refractivity contribution is -0.383. The summed E-state index contributed by atoms with van der Waals surface area (Å²) in [5.74, 6) is -0.890. The first-order chi connectivity index (χ1) is 8.02. The molecule has 2 rings (SSSR count). The molecule has 1 heterocycles. The molecule has 1 N–H and O–H groups in total. The number of carbonyl (C=O) groups is 2. The number of aromatic nitrogens is 1. The molecule has 0 aliphatic heterocycles. The van der Waals surface area contributed by atoms with Crippen molar-refractivity contribution >= 4 is 39.2 Å². The number of fused-ring (bicyclic) bond motifs is 1. The monoisotopic (exact) mass is 252 g/mol. The van der Waals surface area contributed by atoms with Gasteiger partial charge in [0.15, 0.2) is 0 Å². The number of nitrogens with zero attached hydrogens (tertiary/aromatic N) is 1. The Morgan fingerprint density at radius 3 is 2.65 bits per heavy atom. The molecule has 0 spiro atoms. The Bertz CT molecular complexity index is 647. The number of para-hydroxylation sites is 1. The summed E-state index contributed by atoms with van der Waals surface area (Å²) < 4.78 is 0. The SMILES string of the molecule is O=C(Cl)C(=O)c1c[nH]c2c([N+](=O)[O-])cccc12. The van der Waals surface area contributed by atoms with E-state index in [4.69, 9.17) is 11.6 Å². The van der Waals surface area contributed by atoms with Crippen LogP contribution in [0.15, 0.2) is 24.4 Å². The van der Waals surface area contributed by atoms with Crippen LogP contribution in [-0.4, -0.2) is 20.9 Å². The first-order valence-electron chi connectivity index (χ1n) is 4.51. The minimum Gasteiger partial charge on any atom is -0.355 e. The van der Waals surface area contributed by atoms with Gasteiger partial charge in [-0.05, 0) is 11.6 Å². The molecule has 0 fully saturated rings. The number of aromatic amines is 1. The summed E-state index contributed by atoms with van der Waals surface area (Å²) in [4.78, 5) is 35.0. The number of H-pyrrole nitrogens is 1. The van der Waals surface area contributed by atoms with Crippen molar-refractivity contribution in [2.45, 2.75) is 0 Å². The number of rotatable bonds is 3. The highest BCUT2D eigenvalue weighted by Gasteiger charge is 2.21. The second-order valence-corrected chi connectivity index (χ2v) is 3.61. The fraction of sp³-hybridized carbons (Fsp3) is 0. The first-order valence-corrected chi connectivity index (χ1v) is 4.89. The van der Waals surface area contributed by atoms with Crippen molar-refractivity contribution in [3.8, 4) is 0 Å².